The topological polar surface area (TPSA) is 29.1 Å². The average molecular weight is 239 g/mol. The molecule has 1 amide bonds. The lowest BCUT2D eigenvalue weighted by atomic mass is 9.99. The summed E-state index contributed by atoms with van der Waals surface area (Å²) >= 11 is 0. The third-order valence-electron chi connectivity index (χ3n) is 3.01. The monoisotopic (exact) mass is 239 g/mol. The van der Waals surface area contributed by atoms with Gasteiger partial charge in [0.2, 0.25) is 5.91 Å². The van der Waals surface area contributed by atoms with Gasteiger partial charge in [-0.2, -0.15) is 0 Å². The number of amides is 1. The molecule has 2 aromatic carbocycles. The van der Waals surface area contributed by atoms with Crippen LogP contribution in [0.1, 0.15) is 24.0 Å². The maximum absolute atomic E-state index is 12.1. The molecule has 0 radical (unpaired) electrons. The van der Waals surface area contributed by atoms with E-state index in [0.29, 0.717) is 0 Å². The number of nitrogens with one attached hydrogen (secondary N) is 1. The van der Waals surface area contributed by atoms with Gasteiger partial charge in [-0.15, -0.1) is 0 Å². The molecule has 0 aliphatic carbocycles. The van der Waals surface area contributed by atoms with Crippen molar-refractivity contribution in [1.29, 1.82) is 0 Å². The summed E-state index contributed by atoms with van der Waals surface area (Å²) in [5.74, 6) is -0.129. The highest BCUT2D eigenvalue weighted by Crippen LogP contribution is 2.18. The lowest BCUT2D eigenvalue weighted by Crippen LogP contribution is -2.18. The van der Waals surface area contributed by atoms with Crippen LogP contribution in [0.4, 0.5) is 5.69 Å². The first kappa shape index (κ1) is 12.4. The van der Waals surface area contributed by atoms with Crippen molar-refractivity contribution >= 4 is 11.6 Å². The molecule has 0 aliphatic rings. The molecule has 2 nitrogen and oxygen atoms in total. The van der Waals surface area contributed by atoms with E-state index in [1.54, 1.807) is 0 Å². The molecule has 18 heavy (non-hydrogen) atoms. The van der Waals surface area contributed by atoms with Crippen molar-refractivity contribution in [2.75, 3.05) is 5.32 Å². The second-order valence-electron chi connectivity index (χ2n) is 4.49. The highest BCUT2D eigenvalue weighted by Gasteiger charge is 2.14. The molecule has 92 valence electrons. The minimum absolute atomic E-state index is 0.0186. The van der Waals surface area contributed by atoms with E-state index in [0.717, 1.165) is 11.3 Å². The fraction of sp³-hybridized carbons (Fsp3) is 0.188. The predicted molar refractivity (Wildman–Crippen MR) is 74.7 cm³/mol. The van der Waals surface area contributed by atoms with Crippen LogP contribution in [-0.4, -0.2) is 5.91 Å². The number of para-hydroxylation sites is 1. The van der Waals surface area contributed by atoms with Gasteiger partial charge in [-0.1, -0.05) is 48.0 Å². The fourth-order valence-electron chi connectivity index (χ4n) is 1.78. The molecule has 1 atom stereocenters. The number of hydrogen-bond acceptors (Lipinski definition) is 1. The third-order valence-corrected chi connectivity index (χ3v) is 3.01. The summed E-state index contributed by atoms with van der Waals surface area (Å²) in [6, 6.07) is 17.6. The van der Waals surface area contributed by atoms with Crippen molar-refractivity contribution < 1.29 is 4.79 Å². The van der Waals surface area contributed by atoms with Crippen molar-refractivity contribution in [1.82, 2.24) is 0 Å². The van der Waals surface area contributed by atoms with Gasteiger partial charge in [0, 0.05) is 5.69 Å². The molecule has 0 saturated carbocycles. The van der Waals surface area contributed by atoms with Crippen molar-refractivity contribution in [3.8, 4) is 0 Å². The number of hydrogen-bond donors (Lipinski definition) is 1. The van der Waals surface area contributed by atoms with Gasteiger partial charge in [0.1, 0.15) is 0 Å². The van der Waals surface area contributed by atoms with E-state index >= 15 is 0 Å². The van der Waals surface area contributed by atoms with E-state index in [-0.39, 0.29) is 11.8 Å². The Hall–Kier alpha value is -2.09. The fourth-order valence-corrected chi connectivity index (χ4v) is 1.78. The first-order chi connectivity index (χ1) is 8.66. The van der Waals surface area contributed by atoms with Crippen LogP contribution in [0, 0.1) is 6.92 Å². The Morgan fingerprint density at radius 1 is 1.00 bits per heavy atom. The number of rotatable bonds is 3. The summed E-state index contributed by atoms with van der Waals surface area (Å²) in [6.45, 7) is 3.96. The summed E-state index contributed by atoms with van der Waals surface area (Å²) in [5, 5.41) is 2.92. The molecule has 0 bridgehead atoms. The molecule has 2 aromatic rings. The van der Waals surface area contributed by atoms with Crippen molar-refractivity contribution in [3.63, 3.8) is 0 Å². The van der Waals surface area contributed by atoms with Crippen LogP contribution in [0.5, 0.6) is 0 Å². The molecule has 1 N–H and O–H groups in total. The van der Waals surface area contributed by atoms with Gasteiger partial charge in [0.25, 0.3) is 0 Å². The molecule has 0 spiro atoms. The van der Waals surface area contributed by atoms with Crippen molar-refractivity contribution in [2.24, 2.45) is 0 Å². The van der Waals surface area contributed by atoms with Crippen molar-refractivity contribution in [2.45, 2.75) is 19.8 Å². The van der Waals surface area contributed by atoms with Gasteiger partial charge in [0.15, 0.2) is 0 Å². The molecular weight excluding hydrogens is 222 g/mol. The van der Waals surface area contributed by atoms with Crippen LogP contribution < -0.4 is 5.32 Å². The van der Waals surface area contributed by atoms with Crippen LogP contribution in [-0.2, 0) is 4.79 Å². The van der Waals surface area contributed by atoms with Crippen LogP contribution in [0.3, 0.4) is 0 Å². The van der Waals surface area contributed by atoms with E-state index in [4.69, 9.17) is 0 Å². The zero-order valence-corrected chi connectivity index (χ0v) is 10.7. The highest BCUT2D eigenvalue weighted by atomic mass is 16.1. The Bertz CT molecular complexity index is 517. The molecule has 1 unspecified atom stereocenters. The van der Waals surface area contributed by atoms with E-state index in [9.17, 15) is 4.79 Å². The molecule has 2 heteroatoms. The number of aryl methyl sites for hydroxylation is 1. The van der Waals surface area contributed by atoms with Gasteiger partial charge in [-0.05, 0) is 31.5 Å². The molecular formula is C16H17NO. The zero-order chi connectivity index (χ0) is 13.0. The first-order valence-corrected chi connectivity index (χ1v) is 6.09. The smallest absolute Gasteiger partial charge is 0.231 e. The largest absolute Gasteiger partial charge is 0.326 e. The zero-order valence-electron chi connectivity index (χ0n) is 10.7. The minimum atomic E-state index is -0.147. The normalized spacial score (nSPS) is 11.9. The average Bonchev–Trinajstić information content (AvgIpc) is 2.40. The molecule has 0 heterocycles. The summed E-state index contributed by atoms with van der Waals surface area (Å²) < 4.78 is 0. The molecule has 0 aliphatic heterocycles. The van der Waals surface area contributed by atoms with E-state index < -0.39 is 0 Å². The molecule has 2 rings (SSSR count). The van der Waals surface area contributed by atoms with Crippen LogP contribution in [0.15, 0.2) is 54.6 Å². The molecule has 0 aromatic heterocycles. The van der Waals surface area contributed by atoms with E-state index in [2.05, 4.69) is 5.32 Å². The number of carbonyl (C=O) groups excluding carboxylic acids is 1. The van der Waals surface area contributed by atoms with Crippen LogP contribution in [0.2, 0.25) is 0 Å². The first-order valence-electron chi connectivity index (χ1n) is 6.09. The lowest BCUT2D eigenvalue weighted by Gasteiger charge is -2.12. The summed E-state index contributed by atoms with van der Waals surface area (Å²) in [4.78, 5) is 12.1. The number of benzene rings is 2. The Morgan fingerprint density at radius 3 is 2.22 bits per heavy atom. The van der Waals surface area contributed by atoms with Crippen molar-refractivity contribution in [3.05, 3.63) is 65.7 Å². The highest BCUT2D eigenvalue weighted by molar-refractivity contribution is 5.95. The standard InChI is InChI=1S/C16H17NO/c1-12-8-10-14(11-9-12)13(2)16(18)17-15-6-4-3-5-7-15/h3-11,13H,1-2H3,(H,17,18). The quantitative estimate of drug-likeness (QED) is 0.868. The molecule has 0 fully saturated rings. The SMILES string of the molecule is Cc1ccc(C(C)C(=O)Nc2ccccc2)cc1. The Labute approximate surface area is 108 Å². The lowest BCUT2D eigenvalue weighted by molar-refractivity contribution is -0.117. The maximum Gasteiger partial charge on any atom is 0.231 e. The second kappa shape index (κ2) is 5.50. The van der Waals surface area contributed by atoms with Crippen LogP contribution >= 0.6 is 0 Å². The van der Waals surface area contributed by atoms with E-state index in [1.807, 2.05) is 68.4 Å². The predicted octanol–water partition coefficient (Wildman–Crippen LogP) is 3.74. The van der Waals surface area contributed by atoms with E-state index in [1.165, 1.54) is 5.56 Å². The third kappa shape index (κ3) is 2.98. The number of anilines is 1. The Balaban J connectivity index is 2.07. The summed E-state index contributed by atoms with van der Waals surface area (Å²) in [7, 11) is 0. The summed E-state index contributed by atoms with van der Waals surface area (Å²) in [5.41, 5.74) is 3.07. The number of carbonyl (C=O) groups is 1. The minimum Gasteiger partial charge on any atom is -0.326 e. The van der Waals surface area contributed by atoms with Gasteiger partial charge in [-0.25, -0.2) is 0 Å². The van der Waals surface area contributed by atoms with Gasteiger partial charge < -0.3 is 5.32 Å². The van der Waals surface area contributed by atoms with Gasteiger partial charge >= 0.3 is 0 Å². The van der Waals surface area contributed by atoms with Gasteiger partial charge in [-0.3, -0.25) is 4.79 Å². The Kier molecular flexibility index (Phi) is 3.78. The Morgan fingerprint density at radius 2 is 1.61 bits per heavy atom. The molecule has 0 saturated heterocycles. The second-order valence-corrected chi connectivity index (χ2v) is 4.49. The van der Waals surface area contributed by atoms with Gasteiger partial charge in [0.05, 0.1) is 5.92 Å². The summed E-state index contributed by atoms with van der Waals surface area (Å²) in [6.07, 6.45) is 0. The maximum atomic E-state index is 12.1. The van der Waals surface area contributed by atoms with Crippen LogP contribution in [0.25, 0.3) is 0 Å².